The minimum Gasteiger partial charge on any atom is -0.371 e. The van der Waals surface area contributed by atoms with Gasteiger partial charge in [0, 0.05) is 59.5 Å². The van der Waals surface area contributed by atoms with Crippen LogP contribution in [-0.2, 0) is 22.6 Å². The van der Waals surface area contributed by atoms with E-state index in [0.29, 0.717) is 40.2 Å². The van der Waals surface area contributed by atoms with E-state index in [-0.39, 0.29) is 18.7 Å². The Bertz CT molecular complexity index is 2370. The number of halogens is 1. The summed E-state index contributed by atoms with van der Waals surface area (Å²) >= 11 is 6.34. The molecule has 290 valence electrons. The third kappa shape index (κ3) is 7.58. The van der Waals surface area contributed by atoms with E-state index < -0.39 is 23.8 Å². The number of nitriles is 1. The van der Waals surface area contributed by atoms with Gasteiger partial charge in [-0.15, -0.1) is 0 Å². The molecule has 4 amide bonds. The van der Waals surface area contributed by atoms with E-state index >= 15 is 0 Å². The number of anilines is 1. The molecule has 4 aliphatic heterocycles. The van der Waals surface area contributed by atoms with Gasteiger partial charge in [-0.2, -0.15) is 10.4 Å². The van der Waals surface area contributed by atoms with Gasteiger partial charge in [0.15, 0.2) is 0 Å². The van der Waals surface area contributed by atoms with Crippen molar-refractivity contribution in [2.75, 3.05) is 31.1 Å². The summed E-state index contributed by atoms with van der Waals surface area (Å²) in [6.07, 6.45) is 5.19. The number of hydrogen-bond donors (Lipinski definition) is 1. The molecular weight excluding hydrogens is 738 g/mol. The first-order valence-electron chi connectivity index (χ1n) is 19.8. The molecule has 3 aromatic carbocycles. The lowest BCUT2D eigenvalue weighted by molar-refractivity contribution is -0.136. The van der Waals surface area contributed by atoms with Gasteiger partial charge in [-0.25, -0.2) is 0 Å². The van der Waals surface area contributed by atoms with Crippen molar-refractivity contribution in [3.05, 3.63) is 105 Å². The first kappa shape index (κ1) is 38.1. The molecule has 1 unspecified atom stereocenters. The van der Waals surface area contributed by atoms with Crippen molar-refractivity contribution < 1.29 is 19.2 Å². The van der Waals surface area contributed by atoms with Crippen LogP contribution in [0, 0.1) is 36.0 Å². The number of likely N-dealkylation sites (tertiary alicyclic amines) is 1. The fraction of sp³-hybridized carbons (Fsp3) is 0.378. The Morgan fingerprint density at radius 1 is 0.877 bits per heavy atom. The molecule has 11 nitrogen and oxygen atoms in total. The van der Waals surface area contributed by atoms with E-state index in [1.54, 1.807) is 18.2 Å². The fourth-order valence-electron chi connectivity index (χ4n) is 8.75. The molecule has 3 saturated heterocycles. The number of carbonyl (C=O) groups excluding carboxylic acids is 4. The van der Waals surface area contributed by atoms with Crippen LogP contribution < -0.4 is 10.2 Å². The van der Waals surface area contributed by atoms with Crippen LogP contribution in [0.4, 0.5) is 5.69 Å². The number of nitrogens with one attached hydrogen (secondary N) is 1. The van der Waals surface area contributed by atoms with Gasteiger partial charge in [0.05, 0.1) is 34.0 Å². The number of benzene rings is 3. The van der Waals surface area contributed by atoms with Crippen molar-refractivity contribution in [1.82, 2.24) is 24.9 Å². The van der Waals surface area contributed by atoms with E-state index in [1.807, 2.05) is 22.9 Å². The lowest BCUT2D eigenvalue weighted by atomic mass is 9.93. The second-order valence-corrected chi connectivity index (χ2v) is 15.8. The van der Waals surface area contributed by atoms with E-state index in [0.717, 1.165) is 96.9 Å². The molecule has 12 heteroatoms. The Kier molecular flexibility index (Phi) is 10.7. The van der Waals surface area contributed by atoms with E-state index in [1.165, 1.54) is 5.56 Å². The van der Waals surface area contributed by atoms with Gasteiger partial charge >= 0.3 is 0 Å². The van der Waals surface area contributed by atoms with Crippen molar-refractivity contribution in [1.29, 1.82) is 5.26 Å². The fourth-order valence-corrected chi connectivity index (χ4v) is 8.97. The maximum atomic E-state index is 13.3. The molecular formula is C45H44ClN7O4. The van der Waals surface area contributed by atoms with Crippen LogP contribution in [0.25, 0.3) is 11.3 Å². The Balaban J connectivity index is 0.822. The zero-order chi connectivity index (χ0) is 39.8. The van der Waals surface area contributed by atoms with Crippen molar-refractivity contribution in [3.63, 3.8) is 0 Å². The molecule has 0 saturated carbocycles. The van der Waals surface area contributed by atoms with Crippen LogP contribution in [0.15, 0.2) is 60.7 Å². The second-order valence-electron chi connectivity index (χ2n) is 15.4. The third-order valence-corrected chi connectivity index (χ3v) is 12.4. The van der Waals surface area contributed by atoms with Crippen molar-refractivity contribution in [3.8, 4) is 29.2 Å². The van der Waals surface area contributed by atoms with Gasteiger partial charge in [-0.05, 0) is 107 Å². The van der Waals surface area contributed by atoms with Gasteiger partial charge in [0.1, 0.15) is 12.1 Å². The van der Waals surface area contributed by atoms with Crippen LogP contribution in [0.1, 0.15) is 94.1 Å². The predicted molar refractivity (Wildman–Crippen MR) is 217 cm³/mol. The van der Waals surface area contributed by atoms with Crippen LogP contribution in [-0.4, -0.2) is 81.5 Å². The normalized spacial score (nSPS) is 19.3. The number of nitrogens with zero attached hydrogens (tertiary/aromatic N) is 6. The molecule has 1 N–H and O–H groups in total. The first-order valence-corrected chi connectivity index (χ1v) is 20.2. The van der Waals surface area contributed by atoms with Crippen molar-refractivity contribution >= 4 is 40.9 Å². The number of piperidine rings is 3. The zero-order valence-electron chi connectivity index (χ0n) is 32.2. The molecule has 0 aliphatic carbocycles. The van der Waals surface area contributed by atoms with E-state index in [4.69, 9.17) is 16.7 Å². The number of fused-ring (bicyclic) bond motifs is 1. The second kappa shape index (κ2) is 16.0. The summed E-state index contributed by atoms with van der Waals surface area (Å²) in [5, 5.41) is 16.9. The Hall–Kier alpha value is -5.75. The summed E-state index contributed by atoms with van der Waals surface area (Å²) in [4.78, 5) is 56.4. The van der Waals surface area contributed by atoms with Crippen molar-refractivity contribution in [2.45, 2.75) is 77.4 Å². The standard InChI is InChI=1S/C45H44ClN7O4/c1-3-36-28(2)52(49-42(36)32-10-11-33(26-47)39(46)24-32)27-31-8-6-29(7-9-31)4-5-30-16-20-50(21-17-30)34-18-22-51(23-19-34)35-12-13-37-38(25-35)45(57)53(44(37)56)40-14-15-41(54)48-43(40)55/h6-13,24-25,30,34,40H,3,14-23,27H2,1-2H3,(H,48,54,55). The van der Waals surface area contributed by atoms with Crippen LogP contribution >= 0.6 is 11.6 Å². The topological polar surface area (TPSA) is 132 Å². The number of imide groups is 2. The summed E-state index contributed by atoms with van der Waals surface area (Å²) < 4.78 is 2.04. The van der Waals surface area contributed by atoms with E-state index in [2.05, 4.69) is 71.1 Å². The molecule has 4 aromatic rings. The van der Waals surface area contributed by atoms with Gasteiger partial charge in [-0.3, -0.25) is 34.1 Å². The molecule has 57 heavy (non-hydrogen) atoms. The van der Waals surface area contributed by atoms with Gasteiger partial charge < -0.3 is 9.80 Å². The molecule has 0 spiro atoms. The number of aromatic nitrogens is 2. The average molecular weight is 782 g/mol. The largest absolute Gasteiger partial charge is 0.371 e. The third-order valence-electron chi connectivity index (χ3n) is 12.1. The summed E-state index contributed by atoms with van der Waals surface area (Å²) in [6, 6.07) is 20.9. The molecule has 1 atom stereocenters. The summed E-state index contributed by atoms with van der Waals surface area (Å²) in [5.41, 5.74) is 8.24. The lowest BCUT2D eigenvalue weighted by Gasteiger charge is -2.42. The molecule has 3 fully saturated rings. The minimum absolute atomic E-state index is 0.0983. The smallest absolute Gasteiger partial charge is 0.262 e. The monoisotopic (exact) mass is 781 g/mol. The Morgan fingerprint density at radius 3 is 2.30 bits per heavy atom. The highest BCUT2D eigenvalue weighted by Crippen LogP contribution is 2.33. The van der Waals surface area contributed by atoms with Crippen LogP contribution in [0.3, 0.4) is 0 Å². The molecule has 5 heterocycles. The van der Waals surface area contributed by atoms with E-state index in [9.17, 15) is 24.4 Å². The summed E-state index contributed by atoms with van der Waals surface area (Å²) in [6.45, 7) is 8.62. The Morgan fingerprint density at radius 2 is 1.61 bits per heavy atom. The Labute approximate surface area is 337 Å². The average Bonchev–Trinajstić information content (AvgIpc) is 3.67. The lowest BCUT2D eigenvalue weighted by Crippen LogP contribution is -2.54. The molecule has 0 radical (unpaired) electrons. The van der Waals surface area contributed by atoms with Gasteiger partial charge in [-0.1, -0.05) is 48.6 Å². The van der Waals surface area contributed by atoms with Gasteiger partial charge in [0.25, 0.3) is 11.8 Å². The molecule has 1 aromatic heterocycles. The highest BCUT2D eigenvalue weighted by Gasteiger charge is 2.45. The first-order chi connectivity index (χ1) is 27.6. The maximum absolute atomic E-state index is 13.3. The predicted octanol–water partition coefficient (Wildman–Crippen LogP) is 6.13. The number of amides is 4. The summed E-state index contributed by atoms with van der Waals surface area (Å²) in [5.74, 6) is 5.40. The van der Waals surface area contributed by atoms with Crippen LogP contribution in [0.5, 0.6) is 0 Å². The highest BCUT2D eigenvalue weighted by atomic mass is 35.5. The number of hydrogen-bond acceptors (Lipinski definition) is 8. The highest BCUT2D eigenvalue weighted by molar-refractivity contribution is 6.32. The zero-order valence-corrected chi connectivity index (χ0v) is 32.9. The molecule has 8 rings (SSSR count). The minimum atomic E-state index is -0.965. The molecule has 0 bridgehead atoms. The molecule has 4 aliphatic rings. The maximum Gasteiger partial charge on any atom is 0.262 e. The quantitative estimate of drug-likeness (QED) is 0.175. The van der Waals surface area contributed by atoms with Crippen LogP contribution in [0.2, 0.25) is 5.02 Å². The number of rotatable bonds is 7. The number of carbonyl (C=O) groups is 4. The summed E-state index contributed by atoms with van der Waals surface area (Å²) in [7, 11) is 0. The SMILES string of the molecule is CCc1c(-c2ccc(C#N)c(Cl)c2)nn(Cc2ccc(C#CC3CCN(C4CCN(c5ccc6c(c5)C(=O)N(C5CCC(=O)NC5=O)C6=O)CC4)CC3)cc2)c1C. The van der Waals surface area contributed by atoms with Crippen molar-refractivity contribution in [2.24, 2.45) is 5.92 Å². The van der Waals surface area contributed by atoms with Gasteiger partial charge in [0.2, 0.25) is 11.8 Å².